The van der Waals surface area contributed by atoms with Gasteiger partial charge in [0.05, 0.1) is 37.2 Å². The molecule has 0 spiro atoms. The molecule has 4 aliphatic rings. The molecule has 2 aromatic heterocycles. The Morgan fingerprint density at radius 1 is 0.966 bits per heavy atom. The Labute approximate surface area is 350 Å². The molecule has 4 aliphatic heterocycles. The van der Waals surface area contributed by atoms with Crippen molar-refractivity contribution in [3.05, 3.63) is 107 Å². The summed E-state index contributed by atoms with van der Waals surface area (Å²) in [6, 6.07) is 21.4. The highest BCUT2D eigenvalue weighted by Gasteiger charge is 2.31. The zero-order chi connectivity index (χ0) is 42.4. The minimum absolute atomic E-state index is 0.0902. The highest BCUT2D eigenvalue weighted by atomic mass is 16.5. The second kappa shape index (κ2) is 16.7. The molecule has 0 saturated carbocycles. The Morgan fingerprint density at radius 2 is 1.78 bits per heavy atom. The van der Waals surface area contributed by atoms with Crippen LogP contribution in [0.1, 0.15) is 73.2 Å². The van der Waals surface area contributed by atoms with Crippen molar-refractivity contribution in [1.29, 1.82) is 0 Å². The summed E-state index contributed by atoms with van der Waals surface area (Å²) in [5, 5.41) is 23.1. The van der Waals surface area contributed by atoms with Crippen molar-refractivity contribution in [2.24, 2.45) is 13.0 Å². The van der Waals surface area contributed by atoms with Gasteiger partial charge in [0.1, 0.15) is 11.9 Å². The van der Waals surface area contributed by atoms with Gasteiger partial charge >= 0.3 is 0 Å². The lowest BCUT2D eigenvalue weighted by Gasteiger charge is -2.38. The summed E-state index contributed by atoms with van der Waals surface area (Å²) in [7, 11) is 2.14. The number of hydrogen-bond donors (Lipinski definition) is 3. The molecule has 3 atom stereocenters. The van der Waals surface area contributed by atoms with E-state index in [0.717, 1.165) is 86.4 Å². The van der Waals surface area contributed by atoms with Crippen molar-refractivity contribution >= 4 is 34.0 Å². The van der Waals surface area contributed by atoms with Crippen LogP contribution in [-0.4, -0.2) is 101 Å². The number of nitrogens with two attached hydrogens (primary N) is 1. The maximum atomic E-state index is 13.8. The summed E-state index contributed by atoms with van der Waals surface area (Å²) in [5.74, 6) is 1.61. The molecule has 3 saturated heterocycles. The number of phenolic OH excluding ortho intramolecular Hbond substituents is 1. The molecule has 0 aliphatic carbocycles. The topological polar surface area (TPSA) is 128 Å². The van der Waals surface area contributed by atoms with Crippen LogP contribution in [0.4, 0.5) is 17.2 Å². The van der Waals surface area contributed by atoms with E-state index < -0.39 is 13.2 Å². The number of morpholine rings is 1. The number of anilines is 3. The number of nitrogens with zero attached hydrogens (tertiary/aromatic N) is 7. The second-order valence-electron chi connectivity index (χ2n) is 16.6. The quantitative estimate of drug-likeness (QED) is 0.156. The molecule has 3 aromatic carbocycles. The molecule has 9 rings (SSSR count). The van der Waals surface area contributed by atoms with E-state index in [2.05, 4.69) is 69.0 Å². The molecule has 6 heterocycles. The molecule has 0 radical (unpaired) electrons. The van der Waals surface area contributed by atoms with Gasteiger partial charge in [0.15, 0.2) is 5.82 Å². The third-order valence-electron chi connectivity index (χ3n) is 13.1. The number of ether oxygens (including phenoxy) is 1. The van der Waals surface area contributed by atoms with Crippen LogP contribution in [0.2, 0.25) is 0 Å². The van der Waals surface area contributed by atoms with E-state index >= 15 is 0 Å². The van der Waals surface area contributed by atoms with Crippen LogP contribution in [0.5, 0.6) is 5.75 Å². The van der Waals surface area contributed by atoms with Crippen molar-refractivity contribution in [1.82, 2.24) is 29.9 Å². The van der Waals surface area contributed by atoms with Gasteiger partial charge in [0.25, 0.3) is 5.91 Å². The van der Waals surface area contributed by atoms with E-state index in [1.54, 1.807) is 18.2 Å². The number of rotatable bonds is 8. The lowest BCUT2D eigenvalue weighted by molar-refractivity contribution is 0.0394. The average molecular weight is 798 g/mol. The lowest BCUT2D eigenvalue weighted by Crippen LogP contribution is -2.43. The summed E-state index contributed by atoms with van der Waals surface area (Å²) in [5.41, 5.74) is 15.9. The smallest absolute Gasteiger partial charge is 0.253 e. The van der Waals surface area contributed by atoms with E-state index in [1.165, 1.54) is 16.6 Å². The lowest BCUT2D eigenvalue weighted by atomic mass is 9.86. The number of likely N-dealkylation sites (tertiary alicyclic amines) is 2. The average Bonchev–Trinajstić information content (AvgIpc) is 3.53. The Morgan fingerprint density at radius 3 is 2.56 bits per heavy atom. The van der Waals surface area contributed by atoms with E-state index in [-0.39, 0.29) is 17.8 Å². The molecule has 12 heteroatoms. The minimum Gasteiger partial charge on any atom is -0.507 e. The minimum atomic E-state index is -0.705. The number of aromatic nitrogens is 3. The maximum Gasteiger partial charge on any atom is 0.253 e. The third kappa shape index (κ3) is 7.77. The number of carbonyl (C=O) groups excluding carboxylic acids is 1. The Balaban J connectivity index is 0.785. The van der Waals surface area contributed by atoms with E-state index in [1.807, 2.05) is 52.4 Å². The first-order valence-corrected chi connectivity index (χ1v) is 21.1. The number of nitrogen functional groups attached to an aromatic ring is 1. The molecule has 59 heavy (non-hydrogen) atoms. The number of amides is 1. The Hall–Kier alpha value is -5.43. The number of para-hydroxylation sites is 2. The molecule has 1 amide bonds. The molecule has 3 fully saturated rings. The number of phenols is 1. The summed E-state index contributed by atoms with van der Waals surface area (Å²) in [4.78, 5) is 22.6. The van der Waals surface area contributed by atoms with Gasteiger partial charge in [-0.2, -0.15) is 0 Å². The van der Waals surface area contributed by atoms with Gasteiger partial charge in [0.2, 0.25) is 0 Å². The summed E-state index contributed by atoms with van der Waals surface area (Å²) < 4.78 is 25.2. The van der Waals surface area contributed by atoms with E-state index in [9.17, 15) is 9.90 Å². The van der Waals surface area contributed by atoms with Crippen LogP contribution in [-0.2, 0) is 11.8 Å². The largest absolute Gasteiger partial charge is 0.507 e. The van der Waals surface area contributed by atoms with Crippen molar-refractivity contribution < 1.29 is 17.4 Å². The first-order valence-electron chi connectivity index (χ1n) is 22.2. The van der Waals surface area contributed by atoms with Crippen molar-refractivity contribution in [2.45, 2.75) is 51.6 Å². The van der Waals surface area contributed by atoms with Gasteiger partial charge in [-0.1, -0.05) is 36.4 Å². The van der Waals surface area contributed by atoms with Gasteiger partial charge in [0, 0.05) is 76.1 Å². The Bertz CT molecular complexity index is 2440. The molecule has 0 bridgehead atoms. The van der Waals surface area contributed by atoms with Crippen molar-refractivity contribution in [3.8, 4) is 17.0 Å². The fourth-order valence-electron chi connectivity index (χ4n) is 9.84. The zero-order valence-electron chi connectivity index (χ0n) is 36.3. The fraction of sp³-hybridized carbons (Fsp3) is 0.426. The van der Waals surface area contributed by atoms with Gasteiger partial charge in [-0.3, -0.25) is 10.1 Å². The van der Waals surface area contributed by atoms with Crippen LogP contribution in [0.3, 0.4) is 0 Å². The normalized spacial score (nSPS) is 22.8. The highest BCUT2D eigenvalue weighted by Crippen LogP contribution is 2.41. The number of aromatic hydroxyl groups is 1. The summed E-state index contributed by atoms with van der Waals surface area (Å²) in [6.45, 7) is 9.47. The molecule has 12 nitrogen and oxygen atoms in total. The van der Waals surface area contributed by atoms with Gasteiger partial charge in [-0.15, -0.1) is 10.2 Å². The van der Waals surface area contributed by atoms with Crippen LogP contribution < -0.4 is 20.9 Å². The SMILES string of the molecule is [2H]C1C=CN(c2cccc3c(C4CCN(CC5CCN(C(=O)c6ccc(C7CN(c8cc(-c9ccccc9O)nnc8N)CCO7)c(C)c6)CC5)CC4)c(C)n(C)c23)[C@@H]([2H])N1. The molecule has 5 aromatic rings. The van der Waals surface area contributed by atoms with Crippen LogP contribution >= 0.6 is 0 Å². The maximum absolute atomic E-state index is 13.8. The predicted octanol–water partition coefficient (Wildman–Crippen LogP) is 6.73. The number of nitrogens with one attached hydrogen (secondary N) is 1. The van der Waals surface area contributed by atoms with Gasteiger partial charge in [-0.05, 0) is 118 Å². The highest BCUT2D eigenvalue weighted by molar-refractivity contribution is 5.96. The number of carbonyl (C=O) groups is 1. The fourth-order valence-corrected chi connectivity index (χ4v) is 9.84. The van der Waals surface area contributed by atoms with E-state index in [0.29, 0.717) is 54.2 Å². The number of hydrogen-bond acceptors (Lipinski definition) is 10. The Kier molecular flexibility index (Phi) is 10.4. The summed E-state index contributed by atoms with van der Waals surface area (Å²) in [6.07, 6.45) is 7.70. The number of fused-ring (bicyclic) bond motifs is 1. The molecular formula is C47H57N9O3. The molecule has 4 N–H and O–H groups in total. The molecule has 308 valence electrons. The number of aryl methyl sites for hydroxylation is 2. The van der Waals surface area contributed by atoms with Gasteiger partial charge in [-0.25, -0.2) is 0 Å². The predicted molar refractivity (Wildman–Crippen MR) is 235 cm³/mol. The monoisotopic (exact) mass is 797 g/mol. The van der Waals surface area contributed by atoms with Crippen molar-refractivity contribution in [2.75, 3.05) is 81.1 Å². The second-order valence-corrected chi connectivity index (χ2v) is 16.6. The number of piperidine rings is 2. The van der Waals surface area contributed by atoms with Crippen LogP contribution in [0.25, 0.3) is 22.2 Å². The standard InChI is InChI=1S/C47H57N9O3/c1-31-26-35(12-13-36(31)43-29-55(24-25-59-43)41-27-39(50-51-46(41)48)37-8-4-5-11-42(37)57)47(58)54-22-14-33(15-23-54)28-53-20-16-34(17-21-53)44-32(2)52(3)45-38(44)9-6-10-40(45)56-19-7-18-49-30-56/h4-13,19,26-27,33-34,43,49,57H,14-18,20-25,28-30H2,1-3H3,(H2,48,51)/i18D,30D/t18?,30-,43?/m0/s1. The molecular weight excluding hydrogens is 739 g/mol. The third-order valence-corrected chi connectivity index (χ3v) is 13.1. The number of benzene rings is 3. The van der Waals surface area contributed by atoms with Crippen LogP contribution in [0, 0.1) is 19.8 Å². The zero-order valence-corrected chi connectivity index (χ0v) is 34.3. The summed E-state index contributed by atoms with van der Waals surface area (Å²) >= 11 is 0. The van der Waals surface area contributed by atoms with Crippen LogP contribution in [0.15, 0.2) is 79.0 Å². The van der Waals surface area contributed by atoms with Gasteiger partial charge < -0.3 is 39.7 Å². The first kappa shape index (κ1) is 36.6. The first-order chi connectivity index (χ1) is 29.5. The van der Waals surface area contributed by atoms with E-state index in [4.69, 9.17) is 13.2 Å². The molecule has 2 unspecified atom stereocenters. The van der Waals surface area contributed by atoms with Crippen molar-refractivity contribution in [3.63, 3.8) is 0 Å².